The summed E-state index contributed by atoms with van der Waals surface area (Å²) in [6, 6.07) is 0. The quantitative estimate of drug-likeness (QED) is 0.682. The van der Waals surface area contributed by atoms with Crippen molar-refractivity contribution in [2.75, 3.05) is 0 Å². The van der Waals surface area contributed by atoms with Gasteiger partial charge in [0, 0.05) is 12.5 Å². The first-order chi connectivity index (χ1) is 6.77. The SMILES string of the molecule is CCC(C=O)CCCn1nncc1Cl. The van der Waals surface area contributed by atoms with E-state index < -0.39 is 0 Å². The molecule has 14 heavy (non-hydrogen) atoms. The second kappa shape index (κ2) is 5.75. The van der Waals surface area contributed by atoms with Crippen LogP contribution in [0.3, 0.4) is 0 Å². The lowest BCUT2D eigenvalue weighted by Gasteiger charge is -2.06. The molecule has 1 rings (SSSR count). The number of carbonyl (C=O) groups is 1. The van der Waals surface area contributed by atoms with Crippen LogP contribution in [0.1, 0.15) is 26.2 Å². The van der Waals surface area contributed by atoms with Crippen molar-refractivity contribution in [3.05, 3.63) is 11.3 Å². The zero-order chi connectivity index (χ0) is 10.4. The van der Waals surface area contributed by atoms with Gasteiger partial charge in [-0.05, 0) is 19.3 Å². The van der Waals surface area contributed by atoms with E-state index in [9.17, 15) is 4.79 Å². The molecule has 0 aliphatic heterocycles. The van der Waals surface area contributed by atoms with Crippen LogP contribution in [-0.2, 0) is 11.3 Å². The van der Waals surface area contributed by atoms with E-state index in [4.69, 9.17) is 11.6 Å². The minimum absolute atomic E-state index is 0.164. The highest BCUT2D eigenvalue weighted by Gasteiger charge is 2.05. The highest BCUT2D eigenvalue weighted by molar-refractivity contribution is 6.29. The number of halogens is 1. The Morgan fingerprint density at radius 2 is 2.50 bits per heavy atom. The van der Waals surface area contributed by atoms with E-state index in [1.54, 1.807) is 4.68 Å². The Balaban J connectivity index is 2.28. The van der Waals surface area contributed by atoms with Crippen LogP contribution in [0.2, 0.25) is 5.15 Å². The van der Waals surface area contributed by atoms with Crippen molar-refractivity contribution in [3.63, 3.8) is 0 Å². The van der Waals surface area contributed by atoms with Crippen molar-refractivity contribution >= 4 is 17.9 Å². The molecular formula is C9H14ClN3O. The Labute approximate surface area is 88.2 Å². The molecule has 0 N–H and O–H groups in total. The van der Waals surface area contributed by atoms with Gasteiger partial charge in [0.2, 0.25) is 0 Å². The summed E-state index contributed by atoms with van der Waals surface area (Å²) in [5, 5.41) is 8.03. The zero-order valence-electron chi connectivity index (χ0n) is 8.19. The van der Waals surface area contributed by atoms with Crippen LogP contribution < -0.4 is 0 Å². The third-order valence-corrected chi connectivity index (χ3v) is 2.52. The maximum atomic E-state index is 10.5. The first-order valence-corrected chi connectivity index (χ1v) is 5.15. The minimum atomic E-state index is 0.164. The van der Waals surface area contributed by atoms with E-state index in [-0.39, 0.29) is 5.92 Å². The molecule has 0 aromatic carbocycles. The summed E-state index contributed by atoms with van der Waals surface area (Å²) in [5.41, 5.74) is 0. The monoisotopic (exact) mass is 215 g/mol. The van der Waals surface area contributed by atoms with Crippen molar-refractivity contribution in [2.45, 2.75) is 32.7 Å². The zero-order valence-corrected chi connectivity index (χ0v) is 8.94. The number of aryl methyl sites for hydroxylation is 1. The summed E-state index contributed by atoms with van der Waals surface area (Å²) in [7, 11) is 0. The molecule has 0 saturated carbocycles. The van der Waals surface area contributed by atoms with E-state index in [1.165, 1.54) is 6.20 Å². The number of hydrogen-bond acceptors (Lipinski definition) is 3. The summed E-state index contributed by atoms with van der Waals surface area (Å²) in [6.45, 7) is 2.74. The topological polar surface area (TPSA) is 47.8 Å². The highest BCUT2D eigenvalue weighted by Crippen LogP contribution is 2.11. The average Bonchev–Trinajstić information content (AvgIpc) is 2.59. The van der Waals surface area contributed by atoms with Crippen LogP contribution in [0, 0.1) is 5.92 Å². The fourth-order valence-electron chi connectivity index (χ4n) is 1.27. The van der Waals surface area contributed by atoms with E-state index >= 15 is 0 Å². The molecule has 0 radical (unpaired) electrons. The Kier molecular flexibility index (Phi) is 4.59. The van der Waals surface area contributed by atoms with Crippen LogP contribution >= 0.6 is 11.6 Å². The second-order valence-corrected chi connectivity index (χ2v) is 3.61. The van der Waals surface area contributed by atoms with Gasteiger partial charge in [0.05, 0.1) is 6.20 Å². The van der Waals surface area contributed by atoms with Gasteiger partial charge in [-0.2, -0.15) is 0 Å². The van der Waals surface area contributed by atoms with Crippen LogP contribution in [0.25, 0.3) is 0 Å². The first kappa shape index (κ1) is 11.2. The summed E-state index contributed by atoms with van der Waals surface area (Å²) in [4.78, 5) is 10.5. The van der Waals surface area contributed by atoms with Crippen LogP contribution in [0.5, 0.6) is 0 Å². The Morgan fingerprint density at radius 3 is 3.00 bits per heavy atom. The van der Waals surface area contributed by atoms with Crippen LogP contribution in [0.15, 0.2) is 6.20 Å². The molecule has 0 bridgehead atoms. The lowest BCUT2D eigenvalue weighted by molar-refractivity contribution is -0.111. The fraction of sp³-hybridized carbons (Fsp3) is 0.667. The summed E-state index contributed by atoms with van der Waals surface area (Å²) in [6.07, 6.45) is 5.21. The lowest BCUT2D eigenvalue weighted by atomic mass is 10.0. The Bertz CT molecular complexity index is 287. The molecule has 0 aliphatic carbocycles. The van der Waals surface area contributed by atoms with Gasteiger partial charge < -0.3 is 4.79 Å². The van der Waals surface area contributed by atoms with Gasteiger partial charge >= 0.3 is 0 Å². The Hall–Kier alpha value is -0.900. The number of nitrogens with zero attached hydrogens (tertiary/aromatic N) is 3. The summed E-state index contributed by atoms with van der Waals surface area (Å²) < 4.78 is 1.64. The maximum Gasteiger partial charge on any atom is 0.147 e. The summed E-state index contributed by atoms with van der Waals surface area (Å²) in [5.74, 6) is 0.164. The van der Waals surface area contributed by atoms with Crippen LogP contribution in [-0.4, -0.2) is 21.3 Å². The van der Waals surface area contributed by atoms with Crippen molar-refractivity contribution in [2.24, 2.45) is 5.92 Å². The van der Waals surface area contributed by atoms with Gasteiger partial charge in [0.25, 0.3) is 0 Å². The minimum Gasteiger partial charge on any atom is -0.303 e. The number of aromatic nitrogens is 3. The van der Waals surface area contributed by atoms with Gasteiger partial charge in [0.15, 0.2) is 0 Å². The molecule has 0 amide bonds. The molecule has 1 aromatic heterocycles. The highest BCUT2D eigenvalue weighted by atomic mass is 35.5. The molecule has 4 nitrogen and oxygen atoms in total. The number of hydrogen-bond donors (Lipinski definition) is 0. The molecular weight excluding hydrogens is 202 g/mol. The molecule has 5 heteroatoms. The lowest BCUT2D eigenvalue weighted by Crippen LogP contribution is -2.05. The molecule has 0 aliphatic rings. The third-order valence-electron chi connectivity index (χ3n) is 2.23. The number of carbonyl (C=O) groups excluding carboxylic acids is 1. The maximum absolute atomic E-state index is 10.5. The van der Waals surface area contributed by atoms with E-state index in [0.29, 0.717) is 5.15 Å². The number of rotatable bonds is 6. The predicted octanol–water partition coefficient (Wildman–Crippen LogP) is 1.94. The third kappa shape index (κ3) is 3.10. The largest absolute Gasteiger partial charge is 0.303 e. The van der Waals surface area contributed by atoms with Crippen molar-refractivity contribution in [1.29, 1.82) is 0 Å². The second-order valence-electron chi connectivity index (χ2n) is 3.23. The standard InChI is InChI=1S/C9H14ClN3O/c1-2-8(7-14)4-3-5-13-9(10)6-11-12-13/h6-8H,2-5H2,1H3. The fourth-order valence-corrected chi connectivity index (χ4v) is 1.43. The average molecular weight is 216 g/mol. The van der Waals surface area contributed by atoms with Crippen molar-refractivity contribution in [3.8, 4) is 0 Å². The van der Waals surface area contributed by atoms with Gasteiger partial charge in [-0.15, -0.1) is 5.10 Å². The van der Waals surface area contributed by atoms with Gasteiger partial charge in [-0.1, -0.05) is 23.7 Å². The molecule has 1 unspecified atom stereocenters. The Morgan fingerprint density at radius 1 is 1.71 bits per heavy atom. The van der Waals surface area contributed by atoms with E-state index in [0.717, 1.165) is 32.1 Å². The molecule has 0 saturated heterocycles. The van der Waals surface area contributed by atoms with Gasteiger partial charge in [0.1, 0.15) is 11.4 Å². The molecule has 1 heterocycles. The van der Waals surface area contributed by atoms with Crippen molar-refractivity contribution in [1.82, 2.24) is 15.0 Å². The van der Waals surface area contributed by atoms with E-state index in [1.807, 2.05) is 6.92 Å². The predicted molar refractivity (Wildman–Crippen MR) is 54.1 cm³/mol. The normalized spacial score (nSPS) is 12.7. The van der Waals surface area contributed by atoms with Gasteiger partial charge in [-0.25, -0.2) is 4.68 Å². The smallest absolute Gasteiger partial charge is 0.147 e. The molecule has 78 valence electrons. The van der Waals surface area contributed by atoms with E-state index in [2.05, 4.69) is 10.3 Å². The van der Waals surface area contributed by atoms with Crippen molar-refractivity contribution < 1.29 is 4.79 Å². The molecule has 1 atom stereocenters. The molecule has 0 spiro atoms. The molecule has 1 aromatic rings. The van der Waals surface area contributed by atoms with Crippen LogP contribution in [0.4, 0.5) is 0 Å². The molecule has 0 fully saturated rings. The van der Waals surface area contributed by atoms with Gasteiger partial charge in [-0.3, -0.25) is 0 Å². The first-order valence-electron chi connectivity index (χ1n) is 4.77. The summed E-state index contributed by atoms with van der Waals surface area (Å²) >= 11 is 5.79. The number of aldehydes is 1.